The van der Waals surface area contributed by atoms with Crippen molar-refractivity contribution < 1.29 is 4.39 Å². The molecule has 1 atom stereocenters. The van der Waals surface area contributed by atoms with Crippen LogP contribution in [0.25, 0.3) is 5.65 Å². The molecule has 4 heteroatoms. The summed E-state index contributed by atoms with van der Waals surface area (Å²) in [4.78, 5) is 4.57. The SMILES string of the molecule is Cc1c(CC2CCCN2)nc2ccc(F)cn12. The molecule has 0 amide bonds. The second-order valence-corrected chi connectivity index (χ2v) is 4.72. The molecule has 2 aromatic heterocycles. The van der Waals surface area contributed by atoms with Crippen molar-refractivity contribution in [3.8, 4) is 0 Å². The van der Waals surface area contributed by atoms with Gasteiger partial charge in [0, 0.05) is 24.4 Å². The molecule has 1 saturated heterocycles. The summed E-state index contributed by atoms with van der Waals surface area (Å²) in [6.07, 6.45) is 4.89. The third-order valence-electron chi connectivity index (χ3n) is 3.52. The van der Waals surface area contributed by atoms with E-state index in [1.165, 1.54) is 25.1 Å². The summed E-state index contributed by atoms with van der Waals surface area (Å²) in [7, 11) is 0. The average molecular weight is 233 g/mol. The van der Waals surface area contributed by atoms with E-state index >= 15 is 0 Å². The summed E-state index contributed by atoms with van der Waals surface area (Å²) in [5, 5.41) is 3.46. The van der Waals surface area contributed by atoms with Crippen LogP contribution in [0.1, 0.15) is 24.2 Å². The number of imidazole rings is 1. The molecule has 1 N–H and O–H groups in total. The van der Waals surface area contributed by atoms with Crippen LogP contribution in [0.15, 0.2) is 18.3 Å². The van der Waals surface area contributed by atoms with E-state index in [0.717, 1.165) is 30.0 Å². The molecular formula is C13H16FN3. The first kappa shape index (κ1) is 10.7. The lowest BCUT2D eigenvalue weighted by molar-refractivity contribution is 0.594. The summed E-state index contributed by atoms with van der Waals surface area (Å²) in [5.41, 5.74) is 2.96. The Hall–Kier alpha value is -1.42. The number of aryl methyl sites for hydroxylation is 1. The molecule has 0 saturated carbocycles. The highest BCUT2D eigenvalue weighted by Crippen LogP contribution is 2.17. The summed E-state index contributed by atoms with van der Waals surface area (Å²) in [5.74, 6) is -0.219. The number of aromatic nitrogens is 2. The zero-order valence-electron chi connectivity index (χ0n) is 9.91. The van der Waals surface area contributed by atoms with Crippen LogP contribution in [0.5, 0.6) is 0 Å². The van der Waals surface area contributed by atoms with Crippen LogP contribution in [0.3, 0.4) is 0 Å². The van der Waals surface area contributed by atoms with E-state index in [2.05, 4.69) is 10.3 Å². The summed E-state index contributed by atoms with van der Waals surface area (Å²) in [6.45, 7) is 3.11. The molecule has 0 radical (unpaired) electrons. The van der Waals surface area contributed by atoms with Gasteiger partial charge in [0.25, 0.3) is 0 Å². The van der Waals surface area contributed by atoms with Crippen LogP contribution in [0, 0.1) is 12.7 Å². The van der Waals surface area contributed by atoms with Gasteiger partial charge < -0.3 is 9.72 Å². The van der Waals surface area contributed by atoms with Gasteiger partial charge in [-0.15, -0.1) is 0 Å². The minimum absolute atomic E-state index is 0.219. The zero-order valence-corrected chi connectivity index (χ0v) is 9.91. The van der Waals surface area contributed by atoms with Gasteiger partial charge in [-0.3, -0.25) is 0 Å². The molecule has 1 fully saturated rings. The van der Waals surface area contributed by atoms with Gasteiger partial charge in [0.05, 0.1) is 5.69 Å². The highest BCUT2D eigenvalue weighted by molar-refractivity contribution is 5.43. The fourth-order valence-electron chi connectivity index (χ4n) is 2.54. The van der Waals surface area contributed by atoms with Crippen molar-refractivity contribution in [2.45, 2.75) is 32.2 Å². The molecule has 2 aromatic rings. The third kappa shape index (κ3) is 1.93. The quantitative estimate of drug-likeness (QED) is 0.860. The third-order valence-corrected chi connectivity index (χ3v) is 3.52. The highest BCUT2D eigenvalue weighted by atomic mass is 19.1. The van der Waals surface area contributed by atoms with Crippen molar-refractivity contribution in [1.29, 1.82) is 0 Å². The Morgan fingerprint density at radius 3 is 3.18 bits per heavy atom. The molecule has 17 heavy (non-hydrogen) atoms. The first-order valence-corrected chi connectivity index (χ1v) is 6.10. The summed E-state index contributed by atoms with van der Waals surface area (Å²) in [6, 6.07) is 3.72. The minimum atomic E-state index is -0.219. The average Bonchev–Trinajstić information content (AvgIpc) is 2.91. The van der Waals surface area contributed by atoms with Crippen molar-refractivity contribution >= 4 is 5.65 Å². The van der Waals surface area contributed by atoms with Gasteiger partial charge >= 0.3 is 0 Å². The van der Waals surface area contributed by atoms with E-state index in [1.807, 2.05) is 11.3 Å². The normalized spacial score (nSPS) is 20.2. The van der Waals surface area contributed by atoms with Gasteiger partial charge in [-0.1, -0.05) is 0 Å². The number of fused-ring (bicyclic) bond motifs is 1. The second-order valence-electron chi connectivity index (χ2n) is 4.72. The first-order valence-electron chi connectivity index (χ1n) is 6.10. The van der Waals surface area contributed by atoms with Crippen LogP contribution in [-0.4, -0.2) is 22.0 Å². The van der Waals surface area contributed by atoms with Crippen molar-refractivity contribution in [1.82, 2.24) is 14.7 Å². The van der Waals surface area contributed by atoms with Gasteiger partial charge in [-0.05, 0) is 38.4 Å². The van der Waals surface area contributed by atoms with Gasteiger partial charge in [0.1, 0.15) is 11.5 Å². The van der Waals surface area contributed by atoms with Gasteiger partial charge in [-0.2, -0.15) is 0 Å². The lowest BCUT2D eigenvalue weighted by atomic mass is 10.1. The van der Waals surface area contributed by atoms with E-state index in [9.17, 15) is 4.39 Å². The number of rotatable bonds is 2. The number of hydrogen-bond donors (Lipinski definition) is 1. The summed E-state index contributed by atoms with van der Waals surface area (Å²) < 4.78 is 15.0. The molecule has 3 rings (SSSR count). The standard InChI is InChI=1S/C13H16FN3/c1-9-12(7-11-3-2-6-15-11)16-13-5-4-10(14)8-17(9)13/h4-5,8,11,15H,2-3,6-7H2,1H3. The van der Waals surface area contributed by atoms with E-state index in [0.29, 0.717) is 6.04 Å². The first-order chi connectivity index (χ1) is 8.24. The van der Waals surface area contributed by atoms with Gasteiger partial charge in [0.15, 0.2) is 0 Å². The smallest absolute Gasteiger partial charge is 0.139 e. The lowest BCUT2D eigenvalue weighted by Gasteiger charge is -2.08. The van der Waals surface area contributed by atoms with E-state index in [1.54, 1.807) is 6.07 Å². The second kappa shape index (κ2) is 4.11. The van der Waals surface area contributed by atoms with Gasteiger partial charge in [0.2, 0.25) is 0 Å². The maximum Gasteiger partial charge on any atom is 0.139 e. The molecule has 1 aliphatic rings. The molecule has 0 spiro atoms. The Kier molecular flexibility index (Phi) is 2.59. The molecular weight excluding hydrogens is 217 g/mol. The topological polar surface area (TPSA) is 29.3 Å². The predicted molar refractivity (Wildman–Crippen MR) is 64.6 cm³/mol. The summed E-state index contributed by atoms with van der Waals surface area (Å²) >= 11 is 0. The van der Waals surface area contributed by atoms with E-state index < -0.39 is 0 Å². The number of hydrogen-bond acceptors (Lipinski definition) is 2. The molecule has 0 aromatic carbocycles. The highest BCUT2D eigenvalue weighted by Gasteiger charge is 2.18. The van der Waals surface area contributed by atoms with Crippen LogP contribution in [0.2, 0.25) is 0 Å². The maximum atomic E-state index is 13.2. The number of pyridine rings is 1. The number of nitrogens with one attached hydrogen (secondary N) is 1. The Bertz CT molecular complexity index is 541. The molecule has 0 bridgehead atoms. The van der Waals surface area contributed by atoms with Crippen molar-refractivity contribution in [2.24, 2.45) is 0 Å². The molecule has 3 nitrogen and oxygen atoms in total. The van der Waals surface area contributed by atoms with Crippen LogP contribution in [-0.2, 0) is 6.42 Å². The van der Waals surface area contributed by atoms with E-state index in [-0.39, 0.29) is 5.82 Å². The Morgan fingerprint density at radius 2 is 2.41 bits per heavy atom. The van der Waals surface area contributed by atoms with Crippen molar-refractivity contribution in [3.05, 3.63) is 35.5 Å². The van der Waals surface area contributed by atoms with E-state index in [4.69, 9.17) is 0 Å². The van der Waals surface area contributed by atoms with Gasteiger partial charge in [-0.25, -0.2) is 9.37 Å². The zero-order chi connectivity index (χ0) is 11.8. The maximum absolute atomic E-state index is 13.2. The predicted octanol–water partition coefficient (Wildman–Crippen LogP) is 2.08. The monoisotopic (exact) mass is 233 g/mol. The number of halogens is 1. The van der Waals surface area contributed by atoms with Crippen LogP contribution < -0.4 is 5.32 Å². The van der Waals surface area contributed by atoms with Crippen LogP contribution >= 0.6 is 0 Å². The molecule has 1 unspecified atom stereocenters. The van der Waals surface area contributed by atoms with Crippen LogP contribution in [0.4, 0.5) is 4.39 Å². The molecule has 90 valence electrons. The molecule has 0 aliphatic carbocycles. The largest absolute Gasteiger partial charge is 0.314 e. The minimum Gasteiger partial charge on any atom is -0.314 e. The Balaban J connectivity index is 1.96. The van der Waals surface area contributed by atoms with Crippen molar-refractivity contribution in [2.75, 3.05) is 6.54 Å². The fourth-order valence-corrected chi connectivity index (χ4v) is 2.54. The fraction of sp³-hybridized carbons (Fsp3) is 0.462. The lowest BCUT2D eigenvalue weighted by Crippen LogP contribution is -2.24. The molecule has 1 aliphatic heterocycles. The Morgan fingerprint density at radius 1 is 1.53 bits per heavy atom. The van der Waals surface area contributed by atoms with Crippen molar-refractivity contribution in [3.63, 3.8) is 0 Å². The Labute approximate surface area is 99.7 Å². The number of nitrogens with zero attached hydrogens (tertiary/aromatic N) is 2. The molecule has 3 heterocycles.